The number of methoxy groups -OCH3 is 1. The first-order valence-corrected chi connectivity index (χ1v) is 7.19. The first-order valence-electron chi connectivity index (χ1n) is 7.19. The molecular formula is C14H29N3O. The van der Waals surface area contributed by atoms with Crippen LogP contribution in [0.2, 0.25) is 0 Å². The zero-order valence-electron chi connectivity index (χ0n) is 12.2. The molecule has 1 fully saturated rings. The molecule has 4 heteroatoms. The molecule has 0 aromatic heterocycles. The minimum atomic E-state index is 0.709. The van der Waals surface area contributed by atoms with Crippen LogP contribution in [0.3, 0.4) is 0 Å². The SMILES string of the molecule is CN=C(NCCOC)NCCC1CCCC(C)C1. The zero-order chi connectivity index (χ0) is 13.2. The molecule has 1 saturated carbocycles. The average molecular weight is 255 g/mol. The maximum atomic E-state index is 5.00. The number of hydrogen-bond donors (Lipinski definition) is 2. The van der Waals surface area contributed by atoms with Gasteiger partial charge in [0.25, 0.3) is 0 Å². The van der Waals surface area contributed by atoms with E-state index in [0.29, 0.717) is 6.61 Å². The standard InChI is InChI=1S/C14H29N3O/c1-12-5-4-6-13(11-12)7-8-16-14(15-2)17-9-10-18-3/h12-13H,4-11H2,1-3H3,(H2,15,16,17). The fraction of sp³-hybridized carbons (Fsp3) is 0.929. The number of rotatable bonds is 6. The lowest BCUT2D eigenvalue weighted by molar-refractivity contribution is 0.203. The Bertz CT molecular complexity index is 243. The van der Waals surface area contributed by atoms with Crippen LogP contribution in [-0.4, -0.2) is 39.8 Å². The number of hydrogen-bond acceptors (Lipinski definition) is 2. The lowest BCUT2D eigenvalue weighted by Crippen LogP contribution is -2.39. The fourth-order valence-electron chi connectivity index (χ4n) is 2.71. The Hall–Kier alpha value is -0.770. The van der Waals surface area contributed by atoms with Gasteiger partial charge >= 0.3 is 0 Å². The monoisotopic (exact) mass is 255 g/mol. The molecule has 4 nitrogen and oxygen atoms in total. The molecule has 2 unspecified atom stereocenters. The van der Waals surface area contributed by atoms with E-state index >= 15 is 0 Å². The Kier molecular flexibility index (Phi) is 7.81. The molecule has 0 aromatic rings. The van der Waals surface area contributed by atoms with E-state index in [1.165, 1.54) is 32.1 Å². The molecule has 18 heavy (non-hydrogen) atoms. The van der Waals surface area contributed by atoms with Gasteiger partial charge in [-0.05, 0) is 24.7 Å². The summed E-state index contributed by atoms with van der Waals surface area (Å²) in [4.78, 5) is 4.20. The first-order chi connectivity index (χ1) is 8.76. The van der Waals surface area contributed by atoms with Crippen LogP contribution in [0.25, 0.3) is 0 Å². The van der Waals surface area contributed by atoms with Crippen molar-refractivity contribution in [3.8, 4) is 0 Å². The summed E-state index contributed by atoms with van der Waals surface area (Å²) in [7, 11) is 3.52. The second kappa shape index (κ2) is 9.20. The summed E-state index contributed by atoms with van der Waals surface area (Å²) in [6, 6.07) is 0. The molecule has 0 aromatic carbocycles. The van der Waals surface area contributed by atoms with Crippen LogP contribution >= 0.6 is 0 Å². The van der Waals surface area contributed by atoms with Gasteiger partial charge in [0.2, 0.25) is 0 Å². The molecule has 0 aliphatic heterocycles. The van der Waals surface area contributed by atoms with Gasteiger partial charge in [-0.3, -0.25) is 4.99 Å². The predicted molar refractivity (Wildman–Crippen MR) is 77.0 cm³/mol. The summed E-state index contributed by atoms with van der Waals surface area (Å²) in [5.41, 5.74) is 0. The van der Waals surface area contributed by atoms with Crippen LogP contribution in [0.4, 0.5) is 0 Å². The van der Waals surface area contributed by atoms with Gasteiger partial charge in [-0.2, -0.15) is 0 Å². The zero-order valence-corrected chi connectivity index (χ0v) is 12.2. The largest absolute Gasteiger partial charge is 0.383 e. The van der Waals surface area contributed by atoms with Crippen molar-refractivity contribution >= 4 is 5.96 Å². The molecule has 0 bridgehead atoms. The van der Waals surface area contributed by atoms with E-state index in [4.69, 9.17) is 4.74 Å². The molecule has 2 N–H and O–H groups in total. The molecule has 0 radical (unpaired) electrons. The number of nitrogens with one attached hydrogen (secondary N) is 2. The molecule has 0 amide bonds. The van der Waals surface area contributed by atoms with E-state index in [9.17, 15) is 0 Å². The van der Waals surface area contributed by atoms with Crippen LogP contribution in [0.1, 0.15) is 39.0 Å². The molecule has 106 valence electrons. The Morgan fingerprint density at radius 2 is 2.06 bits per heavy atom. The van der Waals surface area contributed by atoms with E-state index in [2.05, 4.69) is 22.5 Å². The molecule has 1 aliphatic rings. The Morgan fingerprint density at radius 3 is 2.72 bits per heavy atom. The third-order valence-electron chi connectivity index (χ3n) is 3.71. The van der Waals surface area contributed by atoms with Crippen LogP contribution in [0.5, 0.6) is 0 Å². The lowest BCUT2D eigenvalue weighted by atomic mass is 9.81. The molecule has 0 spiro atoms. The maximum Gasteiger partial charge on any atom is 0.191 e. The van der Waals surface area contributed by atoms with Crippen molar-refractivity contribution in [1.82, 2.24) is 10.6 Å². The second-order valence-electron chi connectivity index (χ2n) is 5.35. The van der Waals surface area contributed by atoms with Crippen molar-refractivity contribution in [2.75, 3.05) is 33.9 Å². The van der Waals surface area contributed by atoms with Gasteiger partial charge in [0.15, 0.2) is 5.96 Å². The summed E-state index contributed by atoms with van der Waals surface area (Å²) in [6.07, 6.45) is 6.89. The molecule has 1 aliphatic carbocycles. The smallest absolute Gasteiger partial charge is 0.191 e. The molecule has 2 atom stereocenters. The topological polar surface area (TPSA) is 45.7 Å². The Morgan fingerprint density at radius 1 is 1.28 bits per heavy atom. The van der Waals surface area contributed by atoms with E-state index in [1.807, 2.05) is 7.05 Å². The van der Waals surface area contributed by atoms with E-state index < -0.39 is 0 Å². The van der Waals surface area contributed by atoms with Gasteiger partial charge in [0.1, 0.15) is 0 Å². The summed E-state index contributed by atoms with van der Waals surface area (Å²) in [6.45, 7) is 4.91. The Balaban J connectivity index is 2.11. The van der Waals surface area contributed by atoms with Crippen LogP contribution < -0.4 is 10.6 Å². The van der Waals surface area contributed by atoms with E-state index in [0.717, 1.165) is 30.9 Å². The minimum Gasteiger partial charge on any atom is -0.383 e. The van der Waals surface area contributed by atoms with Gasteiger partial charge in [-0.15, -0.1) is 0 Å². The van der Waals surface area contributed by atoms with Crippen molar-refractivity contribution in [3.05, 3.63) is 0 Å². The fourth-order valence-corrected chi connectivity index (χ4v) is 2.71. The summed E-state index contributed by atoms with van der Waals surface area (Å²) in [5, 5.41) is 6.60. The molecule has 0 saturated heterocycles. The average Bonchev–Trinajstić information content (AvgIpc) is 2.37. The highest BCUT2D eigenvalue weighted by atomic mass is 16.5. The highest BCUT2D eigenvalue weighted by molar-refractivity contribution is 5.79. The number of aliphatic imine (C=N–C) groups is 1. The summed E-state index contributed by atoms with van der Waals surface area (Å²) < 4.78 is 5.00. The van der Waals surface area contributed by atoms with E-state index in [-0.39, 0.29) is 0 Å². The molecular weight excluding hydrogens is 226 g/mol. The van der Waals surface area contributed by atoms with Crippen molar-refractivity contribution in [2.45, 2.75) is 39.0 Å². The van der Waals surface area contributed by atoms with Crippen LogP contribution in [0, 0.1) is 11.8 Å². The maximum absolute atomic E-state index is 5.00. The van der Waals surface area contributed by atoms with Crippen LogP contribution in [-0.2, 0) is 4.74 Å². The second-order valence-corrected chi connectivity index (χ2v) is 5.35. The normalized spacial score (nSPS) is 24.9. The molecule has 0 heterocycles. The highest BCUT2D eigenvalue weighted by Gasteiger charge is 2.18. The summed E-state index contributed by atoms with van der Waals surface area (Å²) in [5.74, 6) is 2.71. The molecule has 1 rings (SSSR count). The van der Waals surface area contributed by atoms with Crippen molar-refractivity contribution in [2.24, 2.45) is 16.8 Å². The third kappa shape index (κ3) is 6.24. The number of guanidine groups is 1. The Labute approximate surface area is 112 Å². The van der Waals surface area contributed by atoms with Gasteiger partial charge in [0, 0.05) is 27.2 Å². The van der Waals surface area contributed by atoms with Crippen LogP contribution in [0.15, 0.2) is 4.99 Å². The number of nitrogens with zero attached hydrogens (tertiary/aromatic N) is 1. The first kappa shape index (κ1) is 15.3. The predicted octanol–water partition coefficient (Wildman–Crippen LogP) is 2.01. The van der Waals surface area contributed by atoms with Gasteiger partial charge in [0.05, 0.1) is 6.61 Å². The van der Waals surface area contributed by atoms with E-state index in [1.54, 1.807) is 7.11 Å². The van der Waals surface area contributed by atoms with Crippen molar-refractivity contribution < 1.29 is 4.74 Å². The van der Waals surface area contributed by atoms with Gasteiger partial charge in [-0.25, -0.2) is 0 Å². The third-order valence-corrected chi connectivity index (χ3v) is 3.71. The highest BCUT2D eigenvalue weighted by Crippen LogP contribution is 2.30. The van der Waals surface area contributed by atoms with Crippen molar-refractivity contribution in [3.63, 3.8) is 0 Å². The summed E-state index contributed by atoms with van der Waals surface area (Å²) >= 11 is 0. The van der Waals surface area contributed by atoms with Gasteiger partial charge < -0.3 is 15.4 Å². The lowest BCUT2D eigenvalue weighted by Gasteiger charge is -2.26. The van der Waals surface area contributed by atoms with Gasteiger partial charge in [-0.1, -0.05) is 26.2 Å². The van der Waals surface area contributed by atoms with Crippen molar-refractivity contribution in [1.29, 1.82) is 0 Å². The number of ether oxygens (including phenoxy) is 1. The minimum absolute atomic E-state index is 0.709. The quantitative estimate of drug-likeness (QED) is 0.433.